The Bertz CT molecular complexity index is 357. The van der Waals surface area contributed by atoms with E-state index in [2.05, 4.69) is 14.7 Å². The van der Waals surface area contributed by atoms with Gasteiger partial charge >= 0.3 is 6.36 Å². The Morgan fingerprint density at radius 2 is 1.79 bits per heavy atom. The summed E-state index contributed by atoms with van der Waals surface area (Å²) < 4.78 is 38.7. The van der Waals surface area contributed by atoms with Crippen molar-refractivity contribution < 1.29 is 17.9 Å². The minimum absolute atomic E-state index is 0.404. The molecule has 0 spiro atoms. The van der Waals surface area contributed by atoms with E-state index in [0.717, 1.165) is 0 Å². The van der Waals surface area contributed by atoms with Gasteiger partial charge in [0.15, 0.2) is 5.15 Å². The largest absolute Gasteiger partial charge is 0.574 e. The van der Waals surface area contributed by atoms with Gasteiger partial charge in [-0.2, -0.15) is 9.97 Å². The Morgan fingerprint density at radius 3 is 2.29 bits per heavy atom. The Kier molecular flexibility index (Phi) is 2.91. The van der Waals surface area contributed by atoms with Gasteiger partial charge in [0, 0.05) is 0 Å². The third-order valence-corrected chi connectivity index (χ3v) is 1.72. The lowest BCUT2D eigenvalue weighted by molar-refractivity contribution is -0.276. The van der Waals surface area contributed by atoms with Crippen molar-refractivity contribution in [3.63, 3.8) is 0 Å². The number of hydrogen-bond acceptors (Lipinski definition) is 4. The molecule has 1 rings (SSSR count). The quantitative estimate of drug-likeness (QED) is 0.774. The van der Waals surface area contributed by atoms with Crippen LogP contribution in [0.25, 0.3) is 0 Å². The molecule has 0 fully saturated rings. The van der Waals surface area contributed by atoms with Crippen molar-refractivity contribution in [1.29, 1.82) is 0 Å². The zero-order valence-corrected chi connectivity index (χ0v) is 7.78. The first-order valence-electron chi connectivity index (χ1n) is 3.04. The van der Waals surface area contributed by atoms with Crippen molar-refractivity contribution in [3.05, 3.63) is 10.2 Å². The highest BCUT2D eigenvalue weighted by Crippen LogP contribution is 2.32. The fourth-order valence-electron chi connectivity index (χ4n) is 0.593. The van der Waals surface area contributed by atoms with E-state index in [4.69, 9.17) is 28.9 Å². The van der Waals surface area contributed by atoms with Crippen LogP contribution in [0, 0.1) is 0 Å². The van der Waals surface area contributed by atoms with Crippen LogP contribution in [0.4, 0.5) is 19.1 Å². The summed E-state index contributed by atoms with van der Waals surface area (Å²) in [6, 6.07) is 0. The molecule has 0 unspecified atom stereocenters. The Balaban J connectivity index is 3.09. The minimum atomic E-state index is -4.91. The van der Waals surface area contributed by atoms with E-state index in [1.807, 2.05) is 0 Å². The molecule has 1 heterocycles. The summed E-state index contributed by atoms with van der Waals surface area (Å²) in [5.74, 6) is -1.38. The second kappa shape index (κ2) is 3.66. The van der Waals surface area contributed by atoms with Gasteiger partial charge in [0.2, 0.25) is 11.8 Å². The lowest BCUT2D eigenvalue weighted by Crippen LogP contribution is -2.18. The highest BCUT2D eigenvalue weighted by Gasteiger charge is 2.33. The number of ether oxygens (including phenoxy) is 1. The van der Waals surface area contributed by atoms with Gasteiger partial charge in [0.05, 0.1) is 0 Å². The molecule has 0 aromatic carbocycles. The average molecular weight is 248 g/mol. The van der Waals surface area contributed by atoms with Gasteiger partial charge in [-0.1, -0.05) is 23.2 Å². The van der Waals surface area contributed by atoms with E-state index in [1.54, 1.807) is 0 Å². The first-order valence-corrected chi connectivity index (χ1v) is 3.79. The molecule has 14 heavy (non-hydrogen) atoms. The summed E-state index contributed by atoms with van der Waals surface area (Å²) in [6.45, 7) is 0. The van der Waals surface area contributed by atoms with Gasteiger partial charge in [-0.15, -0.1) is 13.2 Å². The Hall–Kier alpha value is -0.950. The molecule has 78 valence electrons. The normalized spacial score (nSPS) is 11.5. The standard InChI is InChI=1S/C5H2Cl2F3N3O/c6-1-2(7)12-4(11)13-3(1)14-5(8,9)10/h(H2,11,12,13). The number of alkyl halides is 3. The van der Waals surface area contributed by atoms with E-state index < -0.39 is 28.4 Å². The van der Waals surface area contributed by atoms with Crippen LogP contribution in [0.5, 0.6) is 5.88 Å². The van der Waals surface area contributed by atoms with Gasteiger partial charge in [-0.05, 0) is 0 Å². The van der Waals surface area contributed by atoms with E-state index in [9.17, 15) is 13.2 Å². The molecule has 9 heteroatoms. The van der Waals surface area contributed by atoms with Gasteiger partial charge < -0.3 is 10.5 Å². The number of hydrogen-bond donors (Lipinski definition) is 1. The predicted molar refractivity (Wildman–Crippen MR) is 43.1 cm³/mol. The van der Waals surface area contributed by atoms with E-state index in [0.29, 0.717) is 0 Å². The summed E-state index contributed by atoms with van der Waals surface area (Å²) in [5.41, 5.74) is 5.03. The van der Waals surface area contributed by atoms with Crippen LogP contribution in [-0.2, 0) is 0 Å². The molecule has 0 aliphatic heterocycles. The first-order chi connectivity index (χ1) is 6.29. The summed E-state index contributed by atoms with van der Waals surface area (Å²) in [4.78, 5) is 6.44. The van der Waals surface area contributed by atoms with Crippen LogP contribution in [-0.4, -0.2) is 16.3 Å². The van der Waals surface area contributed by atoms with Crippen LogP contribution in [0.1, 0.15) is 0 Å². The fourth-order valence-corrected chi connectivity index (χ4v) is 0.884. The fraction of sp³-hybridized carbons (Fsp3) is 0.200. The summed E-state index contributed by atoms with van der Waals surface area (Å²) >= 11 is 10.7. The summed E-state index contributed by atoms with van der Waals surface area (Å²) in [5, 5.41) is -0.948. The molecule has 0 atom stereocenters. The maximum absolute atomic E-state index is 11.8. The zero-order chi connectivity index (χ0) is 10.9. The second-order valence-corrected chi connectivity index (χ2v) is 2.78. The molecule has 1 aromatic rings. The third-order valence-electron chi connectivity index (χ3n) is 1.01. The lowest BCUT2D eigenvalue weighted by Gasteiger charge is -2.09. The monoisotopic (exact) mass is 247 g/mol. The smallest absolute Gasteiger partial charge is 0.386 e. The molecule has 2 N–H and O–H groups in total. The molecule has 0 radical (unpaired) electrons. The average Bonchev–Trinajstić information content (AvgIpc) is 1.96. The molecule has 0 bridgehead atoms. The second-order valence-electron chi connectivity index (χ2n) is 2.04. The van der Waals surface area contributed by atoms with Crippen molar-refractivity contribution in [1.82, 2.24) is 9.97 Å². The maximum atomic E-state index is 11.8. The van der Waals surface area contributed by atoms with Gasteiger partial charge in [-0.3, -0.25) is 0 Å². The van der Waals surface area contributed by atoms with Crippen molar-refractivity contribution >= 4 is 29.2 Å². The first kappa shape index (κ1) is 11.1. The van der Waals surface area contributed by atoms with Crippen LogP contribution in [0.15, 0.2) is 0 Å². The molecule has 0 aliphatic rings. The van der Waals surface area contributed by atoms with Crippen molar-refractivity contribution in [2.75, 3.05) is 5.73 Å². The van der Waals surface area contributed by atoms with Crippen LogP contribution >= 0.6 is 23.2 Å². The summed E-state index contributed by atoms with van der Waals surface area (Å²) in [6.07, 6.45) is -4.91. The Morgan fingerprint density at radius 1 is 1.21 bits per heavy atom. The van der Waals surface area contributed by atoms with Crippen LogP contribution in [0.2, 0.25) is 10.2 Å². The Labute approximate surface area is 85.8 Å². The van der Waals surface area contributed by atoms with Gasteiger partial charge in [0.25, 0.3) is 0 Å². The van der Waals surface area contributed by atoms with E-state index in [-0.39, 0.29) is 0 Å². The molecule has 0 saturated heterocycles. The third kappa shape index (κ3) is 2.78. The highest BCUT2D eigenvalue weighted by molar-refractivity contribution is 6.42. The van der Waals surface area contributed by atoms with Crippen LogP contribution < -0.4 is 10.5 Å². The lowest BCUT2D eigenvalue weighted by atomic mass is 10.6. The molecule has 1 aromatic heterocycles. The van der Waals surface area contributed by atoms with Crippen molar-refractivity contribution in [2.45, 2.75) is 6.36 Å². The molecule has 4 nitrogen and oxygen atoms in total. The number of halogens is 5. The van der Waals surface area contributed by atoms with Gasteiger partial charge in [-0.25, -0.2) is 0 Å². The molecular weight excluding hydrogens is 246 g/mol. The summed E-state index contributed by atoms with van der Waals surface area (Å²) in [7, 11) is 0. The highest BCUT2D eigenvalue weighted by atomic mass is 35.5. The molecular formula is C5H2Cl2F3N3O. The number of nitrogen functional groups attached to an aromatic ring is 1. The van der Waals surface area contributed by atoms with Crippen LogP contribution in [0.3, 0.4) is 0 Å². The SMILES string of the molecule is Nc1nc(Cl)c(Cl)c(OC(F)(F)F)n1. The number of rotatable bonds is 1. The van der Waals surface area contributed by atoms with E-state index >= 15 is 0 Å². The topological polar surface area (TPSA) is 61.0 Å². The van der Waals surface area contributed by atoms with Gasteiger partial charge in [0.1, 0.15) is 5.02 Å². The predicted octanol–water partition coefficient (Wildman–Crippen LogP) is 2.26. The van der Waals surface area contributed by atoms with E-state index in [1.165, 1.54) is 0 Å². The number of aromatic nitrogens is 2. The maximum Gasteiger partial charge on any atom is 0.574 e. The number of nitrogens with two attached hydrogens (primary N) is 1. The molecule has 0 aliphatic carbocycles. The molecule has 0 amide bonds. The minimum Gasteiger partial charge on any atom is -0.386 e. The molecule has 0 saturated carbocycles. The zero-order valence-electron chi connectivity index (χ0n) is 6.27. The van der Waals surface area contributed by atoms with Crippen molar-refractivity contribution in [2.24, 2.45) is 0 Å². The van der Waals surface area contributed by atoms with Crippen molar-refractivity contribution in [3.8, 4) is 5.88 Å². The number of anilines is 1. The number of nitrogens with zero attached hydrogens (tertiary/aromatic N) is 2.